The Labute approximate surface area is 154 Å². The fourth-order valence-corrected chi connectivity index (χ4v) is 2.91. The van der Waals surface area contributed by atoms with Crippen molar-refractivity contribution in [2.24, 2.45) is 0 Å². The van der Waals surface area contributed by atoms with E-state index in [2.05, 4.69) is 10.6 Å². The van der Waals surface area contributed by atoms with Crippen LogP contribution in [0.4, 0.5) is 9.18 Å². The molecule has 0 bridgehead atoms. The first-order valence-corrected chi connectivity index (χ1v) is 9.21. The molecule has 1 aromatic carbocycles. The Balaban J connectivity index is 1.56. The van der Waals surface area contributed by atoms with Crippen molar-refractivity contribution in [3.8, 4) is 5.75 Å². The molecule has 1 saturated carbocycles. The number of hydrogen-bond donors (Lipinski definition) is 2. The van der Waals surface area contributed by atoms with E-state index in [0.717, 1.165) is 25.7 Å². The predicted molar refractivity (Wildman–Crippen MR) is 97.6 cm³/mol. The quantitative estimate of drug-likeness (QED) is 0.744. The van der Waals surface area contributed by atoms with Gasteiger partial charge in [0.25, 0.3) is 0 Å². The predicted octanol–water partition coefficient (Wildman–Crippen LogP) is 2.68. The van der Waals surface area contributed by atoms with Crippen LogP contribution in [0.5, 0.6) is 5.75 Å². The number of halogens is 1. The molecule has 2 N–H and O–H groups in total. The number of hydrogen-bond acceptors (Lipinski definition) is 3. The van der Waals surface area contributed by atoms with E-state index in [9.17, 15) is 14.0 Å². The summed E-state index contributed by atoms with van der Waals surface area (Å²) in [5.74, 6) is 0.184. The number of rotatable bonds is 8. The molecule has 1 aromatic rings. The van der Waals surface area contributed by atoms with E-state index in [1.54, 1.807) is 24.1 Å². The molecule has 6 nitrogen and oxygen atoms in total. The Bertz CT molecular complexity index is 574. The molecule has 0 saturated heterocycles. The molecule has 1 aliphatic carbocycles. The van der Waals surface area contributed by atoms with E-state index in [4.69, 9.17) is 4.74 Å². The molecule has 26 heavy (non-hydrogen) atoms. The van der Waals surface area contributed by atoms with Crippen molar-refractivity contribution >= 4 is 11.9 Å². The molecule has 2 rings (SSSR count). The highest BCUT2D eigenvalue weighted by atomic mass is 19.1. The van der Waals surface area contributed by atoms with E-state index in [1.807, 2.05) is 0 Å². The van der Waals surface area contributed by atoms with Gasteiger partial charge < -0.3 is 20.3 Å². The number of nitrogens with one attached hydrogen (secondary N) is 2. The van der Waals surface area contributed by atoms with Gasteiger partial charge in [-0.05, 0) is 37.1 Å². The van der Waals surface area contributed by atoms with Crippen LogP contribution in [0, 0.1) is 5.82 Å². The number of likely N-dealkylation sites (N-methyl/N-ethyl adjacent to an activating group) is 1. The summed E-state index contributed by atoms with van der Waals surface area (Å²) >= 11 is 0. The van der Waals surface area contributed by atoms with Gasteiger partial charge in [0.2, 0.25) is 5.91 Å². The first kappa shape index (κ1) is 20.0. The van der Waals surface area contributed by atoms with Crippen LogP contribution < -0.4 is 15.4 Å². The SMILES string of the molecule is CN(CCOc1ccc(F)cc1)C(=O)CCNC(=O)NC1CCCCC1. The van der Waals surface area contributed by atoms with Gasteiger partial charge in [0.05, 0.1) is 6.54 Å². The number of ether oxygens (including phenoxy) is 1. The summed E-state index contributed by atoms with van der Waals surface area (Å²) in [6.07, 6.45) is 5.87. The minimum absolute atomic E-state index is 0.0642. The van der Waals surface area contributed by atoms with Gasteiger partial charge in [-0.3, -0.25) is 4.79 Å². The highest BCUT2D eigenvalue weighted by molar-refractivity contribution is 5.78. The fraction of sp³-hybridized carbons (Fsp3) is 0.579. The average Bonchev–Trinajstić information content (AvgIpc) is 2.64. The molecule has 0 unspecified atom stereocenters. The standard InChI is InChI=1S/C19H28FN3O3/c1-23(13-14-26-17-9-7-15(20)8-10-17)18(24)11-12-21-19(25)22-16-5-3-2-4-6-16/h7-10,16H,2-6,11-14H2,1H3,(H2,21,22,25). The molecular weight excluding hydrogens is 337 g/mol. The Morgan fingerprint density at radius 2 is 1.88 bits per heavy atom. The van der Waals surface area contributed by atoms with Crippen molar-refractivity contribution in [1.29, 1.82) is 0 Å². The number of carbonyl (C=O) groups is 2. The largest absolute Gasteiger partial charge is 0.492 e. The van der Waals surface area contributed by atoms with Crippen LogP contribution in [0.25, 0.3) is 0 Å². The van der Waals surface area contributed by atoms with Crippen molar-refractivity contribution in [1.82, 2.24) is 15.5 Å². The first-order chi connectivity index (χ1) is 12.5. The molecule has 1 aliphatic rings. The Morgan fingerprint density at radius 3 is 2.58 bits per heavy atom. The lowest BCUT2D eigenvalue weighted by Gasteiger charge is -2.23. The molecular formula is C19H28FN3O3. The lowest BCUT2D eigenvalue weighted by atomic mass is 9.96. The topological polar surface area (TPSA) is 70.7 Å². The molecule has 0 atom stereocenters. The van der Waals surface area contributed by atoms with Crippen LogP contribution in [0.2, 0.25) is 0 Å². The lowest BCUT2D eigenvalue weighted by molar-refractivity contribution is -0.130. The summed E-state index contributed by atoms with van der Waals surface area (Å²) in [6, 6.07) is 5.80. The molecule has 3 amide bonds. The van der Waals surface area contributed by atoms with Crippen LogP contribution in [-0.4, -0.2) is 49.6 Å². The first-order valence-electron chi connectivity index (χ1n) is 9.21. The zero-order valence-electron chi connectivity index (χ0n) is 15.3. The highest BCUT2D eigenvalue weighted by Gasteiger charge is 2.15. The van der Waals surface area contributed by atoms with Gasteiger partial charge in [-0.25, -0.2) is 9.18 Å². The fourth-order valence-electron chi connectivity index (χ4n) is 2.91. The third kappa shape index (κ3) is 7.29. The summed E-state index contributed by atoms with van der Waals surface area (Å²) in [5, 5.41) is 5.70. The van der Waals surface area contributed by atoms with E-state index >= 15 is 0 Å². The van der Waals surface area contributed by atoms with Crippen LogP contribution >= 0.6 is 0 Å². The lowest BCUT2D eigenvalue weighted by Crippen LogP contribution is -2.44. The van der Waals surface area contributed by atoms with Crippen molar-refractivity contribution in [2.75, 3.05) is 26.7 Å². The number of urea groups is 1. The summed E-state index contributed by atoms with van der Waals surface area (Å²) < 4.78 is 18.3. The third-order valence-corrected chi connectivity index (χ3v) is 4.50. The number of carbonyl (C=O) groups excluding carboxylic acids is 2. The monoisotopic (exact) mass is 365 g/mol. The molecule has 0 aromatic heterocycles. The number of amides is 3. The van der Waals surface area contributed by atoms with Crippen LogP contribution in [0.3, 0.4) is 0 Å². The van der Waals surface area contributed by atoms with E-state index in [1.165, 1.54) is 18.6 Å². The Kier molecular flexibility index (Phi) is 8.18. The zero-order chi connectivity index (χ0) is 18.8. The van der Waals surface area contributed by atoms with Gasteiger partial charge >= 0.3 is 6.03 Å². The van der Waals surface area contributed by atoms with Gasteiger partial charge in [-0.1, -0.05) is 19.3 Å². The summed E-state index contributed by atoms with van der Waals surface area (Å²) in [7, 11) is 1.69. The second-order valence-corrected chi connectivity index (χ2v) is 6.60. The normalized spacial score (nSPS) is 14.5. The van der Waals surface area contributed by atoms with Gasteiger partial charge in [-0.15, -0.1) is 0 Å². The minimum Gasteiger partial charge on any atom is -0.492 e. The smallest absolute Gasteiger partial charge is 0.315 e. The second kappa shape index (κ2) is 10.6. The van der Waals surface area contributed by atoms with Crippen LogP contribution in [-0.2, 0) is 4.79 Å². The number of nitrogens with zero attached hydrogens (tertiary/aromatic N) is 1. The van der Waals surface area contributed by atoms with E-state index in [0.29, 0.717) is 25.4 Å². The Hall–Kier alpha value is -2.31. The van der Waals surface area contributed by atoms with E-state index < -0.39 is 0 Å². The van der Waals surface area contributed by atoms with Crippen LogP contribution in [0.15, 0.2) is 24.3 Å². The minimum atomic E-state index is -0.315. The van der Waals surface area contributed by atoms with Crippen molar-refractivity contribution < 1.29 is 18.7 Å². The maximum absolute atomic E-state index is 12.8. The van der Waals surface area contributed by atoms with Gasteiger partial charge in [0.15, 0.2) is 0 Å². The molecule has 7 heteroatoms. The zero-order valence-corrected chi connectivity index (χ0v) is 15.3. The summed E-state index contributed by atoms with van der Waals surface area (Å²) in [5.41, 5.74) is 0. The average molecular weight is 365 g/mol. The maximum atomic E-state index is 12.8. The molecule has 0 heterocycles. The second-order valence-electron chi connectivity index (χ2n) is 6.60. The van der Waals surface area contributed by atoms with Gasteiger partial charge in [-0.2, -0.15) is 0 Å². The maximum Gasteiger partial charge on any atom is 0.315 e. The third-order valence-electron chi connectivity index (χ3n) is 4.50. The molecule has 0 aliphatic heterocycles. The van der Waals surface area contributed by atoms with Gasteiger partial charge in [0.1, 0.15) is 18.2 Å². The highest BCUT2D eigenvalue weighted by Crippen LogP contribution is 2.17. The summed E-state index contributed by atoms with van der Waals surface area (Å²) in [4.78, 5) is 25.4. The Morgan fingerprint density at radius 1 is 1.19 bits per heavy atom. The van der Waals surface area contributed by atoms with Crippen molar-refractivity contribution in [3.63, 3.8) is 0 Å². The van der Waals surface area contributed by atoms with Crippen LogP contribution in [0.1, 0.15) is 38.5 Å². The van der Waals surface area contributed by atoms with Crippen molar-refractivity contribution in [2.45, 2.75) is 44.6 Å². The summed E-state index contributed by atoms with van der Waals surface area (Å²) in [6.45, 7) is 1.05. The molecule has 0 spiro atoms. The van der Waals surface area contributed by atoms with Gasteiger partial charge in [0, 0.05) is 26.1 Å². The van der Waals surface area contributed by atoms with E-state index in [-0.39, 0.29) is 30.2 Å². The molecule has 144 valence electrons. The number of benzene rings is 1. The van der Waals surface area contributed by atoms with Crippen molar-refractivity contribution in [3.05, 3.63) is 30.1 Å². The molecule has 1 fully saturated rings. The molecule has 0 radical (unpaired) electrons.